The van der Waals surface area contributed by atoms with E-state index in [2.05, 4.69) is 25.8 Å². The minimum Gasteiger partial charge on any atom is -0.334 e. The third-order valence-electron chi connectivity index (χ3n) is 3.10. The van der Waals surface area contributed by atoms with Crippen molar-refractivity contribution >= 4 is 45.7 Å². The van der Waals surface area contributed by atoms with Crippen LogP contribution in [0, 0.1) is 0 Å². The minimum absolute atomic E-state index is 0.288. The van der Waals surface area contributed by atoms with Crippen LogP contribution in [0.3, 0.4) is 0 Å². The highest BCUT2D eigenvalue weighted by molar-refractivity contribution is 7.13. The lowest BCUT2D eigenvalue weighted by molar-refractivity contribution is -0.242. The van der Waals surface area contributed by atoms with Crippen LogP contribution in [0.5, 0.6) is 0 Å². The molecule has 136 valence electrons. The van der Waals surface area contributed by atoms with Crippen molar-refractivity contribution < 1.29 is 14.9 Å². The van der Waals surface area contributed by atoms with Gasteiger partial charge in [0.15, 0.2) is 5.13 Å². The minimum atomic E-state index is -0.347. The monoisotopic (exact) mass is 404 g/mol. The highest BCUT2D eigenvalue weighted by atomic mass is 35.5. The number of aromatic nitrogens is 1. The molecule has 2 amide bonds. The molecule has 0 aliphatic rings. The van der Waals surface area contributed by atoms with Crippen LogP contribution in [0.4, 0.5) is 9.93 Å². The Morgan fingerprint density at radius 3 is 2.88 bits per heavy atom. The van der Waals surface area contributed by atoms with E-state index in [4.69, 9.17) is 28.5 Å². The topological polar surface area (TPSA) is 95.5 Å². The average molecular weight is 405 g/mol. The first-order chi connectivity index (χ1) is 12.1. The van der Waals surface area contributed by atoms with E-state index in [0.717, 1.165) is 11.3 Å². The van der Waals surface area contributed by atoms with Crippen molar-refractivity contribution in [1.82, 2.24) is 15.6 Å². The molecule has 0 spiro atoms. The molecule has 0 unspecified atom stereocenters. The van der Waals surface area contributed by atoms with Gasteiger partial charge >= 0.3 is 6.03 Å². The Morgan fingerprint density at radius 1 is 1.28 bits per heavy atom. The molecular formula is C15H18Cl2N4O3S. The number of halogens is 2. The van der Waals surface area contributed by atoms with Gasteiger partial charge in [-0.25, -0.2) is 14.7 Å². The second-order valence-electron chi connectivity index (χ2n) is 5.06. The van der Waals surface area contributed by atoms with Crippen molar-refractivity contribution in [1.29, 1.82) is 0 Å². The van der Waals surface area contributed by atoms with Crippen molar-refractivity contribution in [2.45, 2.75) is 19.5 Å². The maximum atomic E-state index is 11.9. The summed E-state index contributed by atoms with van der Waals surface area (Å²) in [5.74, 6) is 0. The second kappa shape index (κ2) is 10.5. The van der Waals surface area contributed by atoms with Gasteiger partial charge < -0.3 is 10.6 Å². The molecule has 2 rings (SSSR count). The lowest BCUT2D eigenvalue weighted by atomic mass is 10.2. The molecule has 1 aromatic carbocycles. The Hall–Kier alpha value is -1.42. The average Bonchev–Trinajstić information content (AvgIpc) is 3.03. The third kappa shape index (κ3) is 7.15. The number of hydrogen-bond acceptors (Lipinski definition) is 6. The summed E-state index contributed by atoms with van der Waals surface area (Å²) in [6, 6.07) is 4.84. The van der Waals surface area contributed by atoms with Crippen molar-refractivity contribution in [2.24, 2.45) is 0 Å². The third-order valence-corrected chi connectivity index (χ3v) is 4.65. The molecule has 1 heterocycles. The fraction of sp³-hybridized carbons (Fsp3) is 0.333. The van der Waals surface area contributed by atoms with E-state index < -0.39 is 0 Å². The van der Waals surface area contributed by atoms with E-state index in [-0.39, 0.29) is 12.6 Å². The summed E-state index contributed by atoms with van der Waals surface area (Å²) in [5, 5.41) is 20.1. The molecule has 0 saturated carbocycles. The standard InChI is InChI=1S/C15H18Cl2N4O3S/c16-12-3-2-10(6-13(12)17)7-19-14(22)21-15-20-11(9-25-15)8-18-4-1-5-24-23/h2-3,6,9,18,23H,1,4-5,7-8H2,(H2,19,20,21,22). The summed E-state index contributed by atoms with van der Waals surface area (Å²) in [5.41, 5.74) is 1.68. The zero-order chi connectivity index (χ0) is 18.1. The number of rotatable bonds is 9. The summed E-state index contributed by atoms with van der Waals surface area (Å²) in [6.07, 6.45) is 0.697. The number of anilines is 1. The van der Waals surface area contributed by atoms with E-state index in [1.165, 1.54) is 11.3 Å². The van der Waals surface area contributed by atoms with Gasteiger partial charge in [0.25, 0.3) is 0 Å². The van der Waals surface area contributed by atoms with Gasteiger partial charge in [0, 0.05) is 18.5 Å². The largest absolute Gasteiger partial charge is 0.334 e. The van der Waals surface area contributed by atoms with Crippen molar-refractivity contribution in [3.63, 3.8) is 0 Å². The van der Waals surface area contributed by atoms with Crippen LogP contribution < -0.4 is 16.0 Å². The van der Waals surface area contributed by atoms with Crippen molar-refractivity contribution in [2.75, 3.05) is 18.5 Å². The molecule has 25 heavy (non-hydrogen) atoms. The molecule has 2 aromatic rings. The first-order valence-corrected chi connectivity index (χ1v) is 9.12. The Morgan fingerprint density at radius 2 is 2.12 bits per heavy atom. The second-order valence-corrected chi connectivity index (χ2v) is 6.74. The summed E-state index contributed by atoms with van der Waals surface area (Å²) in [4.78, 5) is 20.2. The van der Waals surface area contributed by atoms with Crippen LogP contribution in [0.15, 0.2) is 23.6 Å². The van der Waals surface area contributed by atoms with Crippen LogP contribution in [0.25, 0.3) is 0 Å². The van der Waals surface area contributed by atoms with Gasteiger partial charge in [-0.2, -0.15) is 0 Å². The predicted octanol–water partition coefficient (Wildman–Crippen LogP) is 3.74. The van der Waals surface area contributed by atoms with Crippen molar-refractivity contribution in [3.05, 3.63) is 44.9 Å². The molecule has 0 atom stereocenters. The summed E-state index contributed by atoms with van der Waals surface area (Å²) >= 11 is 13.1. The van der Waals surface area contributed by atoms with E-state index in [1.807, 2.05) is 5.38 Å². The maximum absolute atomic E-state index is 11.9. The molecular weight excluding hydrogens is 387 g/mol. The van der Waals surface area contributed by atoms with Crippen LogP contribution in [0.2, 0.25) is 10.0 Å². The summed E-state index contributed by atoms with van der Waals surface area (Å²) in [6.45, 7) is 1.89. The van der Waals surface area contributed by atoms with Gasteiger partial charge in [-0.15, -0.1) is 11.3 Å². The quantitative estimate of drug-likeness (QED) is 0.290. The first kappa shape index (κ1) is 19.9. The number of carbonyl (C=O) groups excluding carboxylic acids is 1. The fourth-order valence-corrected chi connectivity index (χ4v) is 2.92. The van der Waals surface area contributed by atoms with E-state index >= 15 is 0 Å². The van der Waals surface area contributed by atoms with Gasteiger partial charge in [-0.3, -0.25) is 10.6 Å². The number of amides is 2. The molecule has 0 radical (unpaired) electrons. The zero-order valence-electron chi connectivity index (χ0n) is 13.2. The normalized spacial score (nSPS) is 10.7. The molecule has 0 aliphatic heterocycles. The predicted molar refractivity (Wildman–Crippen MR) is 99.3 cm³/mol. The van der Waals surface area contributed by atoms with E-state index in [1.54, 1.807) is 18.2 Å². The Bertz CT molecular complexity index is 699. The molecule has 0 fully saturated rings. The number of nitrogens with one attached hydrogen (secondary N) is 3. The number of benzene rings is 1. The number of carbonyl (C=O) groups is 1. The lowest BCUT2D eigenvalue weighted by Crippen LogP contribution is -2.28. The molecule has 7 nitrogen and oxygen atoms in total. The fourth-order valence-electron chi connectivity index (χ4n) is 1.90. The van der Waals surface area contributed by atoms with Crippen LogP contribution >= 0.6 is 34.5 Å². The van der Waals surface area contributed by atoms with Gasteiger partial charge in [-0.05, 0) is 30.7 Å². The Balaban J connectivity index is 1.72. The SMILES string of the molecule is O=C(NCc1ccc(Cl)c(Cl)c1)Nc1nc(CNCCCOO)cs1. The van der Waals surface area contributed by atoms with Crippen LogP contribution in [-0.2, 0) is 18.0 Å². The highest BCUT2D eigenvalue weighted by Crippen LogP contribution is 2.22. The molecule has 10 heteroatoms. The molecule has 0 aliphatic carbocycles. The molecule has 0 saturated heterocycles. The van der Waals surface area contributed by atoms with Gasteiger partial charge in [-0.1, -0.05) is 29.3 Å². The zero-order valence-corrected chi connectivity index (χ0v) is 15.5. The van der Waals surface area contributed by atoms with Gasteiger partial charge in [0.05, 0.1) is 22.3 Å². The number of nitrogens with zero attached hydrogens (tertiary/aromatic N) is 1. The number of hydrogen-bond donors (Lipinski definition) is 4. The van der Waals surface area contributed by atoms with Crippen LogP contribution in [0.1, 0.15) is 17.7 Å². The lowest BCUT2D eigenvalue weighted by Gasteiger charge is -2.06. The highest BCUT2D eigenvalue weighted by Gasteiger charge is 2.07. The van der Waals surface area contributed by atoms with Crippen LogP contribution in [-0.4, -0.2) is 29.4 Å². The molecule has 1 aromatic heterocycles. The molecule has 0 bridgehead atoms. The number of thiazole rings is 1. The van der Waals surface area contributed by atoms with E-state index in [0.29, 0.717) is 41.2 Å². The Kier molecular flexibility index (Phi) is 8.39. The number of urea groups is 1. The summed E-state index contributed by atoms with van der Waals surface area (Å²) in [7, 11) is 0. The van der Waals surface area contributed by atoms with Gasteiger partial charge in [0.2, 0.25) is 0 Å². The summed E-state index contributed by atoms with van der Waals surface area (Å²) < 4.78 is 0. The van der Waals surface area contributed by atoms with Gasteiger partial charge in [0.1, 0.15) is 0 Å². The smallest absolute Gasteiger partial charge is 0.321 e. The Labute approximate surface area is 159 Å². The molecule has 4 N–H and O–H groups in total. The first-order valence-electron chi connectivity index (χ1n) is 7.48. The maximum Gasteiger partial charge on any atom is 0.321 e. The van der Waals surface area contributed by atoms with E-state index in [9.17, 15) is 4.79 Å². The van der Waals surface area contributed by atoms with Crippen molar-refractivity contribution in [3.8, 4) is 0 Å².